The smallest absolute Gasteiger partial charge is 0.325 e. The van der Waals surface area contributed by atoms with Crippen molar-refractivity contribution in [2.24, 2.45) is 5.92 Å². The summed E-state index contributed by atoms with van der Waals surface area (Å²) in [4.78, 5) is 24.0. The molecule has 0 aliphatic rings. The predicted octanol–water partition coefficient (Wildman–Crippen LogP) is 0.558. The first kappa shape index (κ1) is 13.4. The van der Waals surface area contributed by atoms with Gasteiger partial charge >= 0.3 is 5.97 Å². The molecule has 0 rings (SSSR count). The standard InChI is InChI=1S/C10H16N2O3/c1-4-8(6-11)10(14)12(5-2)7-9(13)15-3/h8H,4-5,7H2,1-3H3. The van der Waals surface area contributed by atoms with Gasteiger partial charge in [0.15, 0.2) is 0 Å². The van der Waals surface area contributed by atoms with Crippen molar-refractivity contribution in [1.29, 1.82) is 5.26 Å². The van der Waals surface area contributed by atoms with Crippen LogP contribution in [0, 0.1) is 17.2 Å². The number of carbonyl (C=O) groups excluding carboxylic acids is 2. The average molecular weight is 212 g/mol. The first-order chi connectivity index (χ1) is 7.10. The first-order valence-corrected chi connectivity index (χ1v) is 4.85. The van der Waals surface area contributed by atoms with Crippen molar-refractivity contribution >= 4 is 11.9 Å². The van der Waals surface area contributed by atoms with Gasteiger partial charge in [0.25, 0.3) is 0 Å². The number of hydrogen-bond acceptors (Lipinski definition) is 4. The van der Waals surface area contributed by atoms with Crippen molar-refractivity contribution in [1.82, 2.24) is 4.90 Å². The number of methoxy groups -OCH3 is 1. The molecule has 0 heterocycles. The molecule has 0 saturated carbocycles. The number of likely N-dealkylation sites (N-methyl/N-ethyl adjacent to an activating group) is 1. The summed E-state index contributed by atoms with van der Waals surface area (Å²) in [5, 5.41) is 8.72. The van der Waals surface area contributed by atoms with Gasteiger partial charge in [-0.25, -0.2) is 0 Å². The van der Waals surface area contributed by atoms with Crippen LogP contribution in [0.2, 0.25) is 0 Å². The highest BCUT2D eigenvalue weighted by Gasteiger charge is 2.23. The van der Waals surface area contributed by atoms with Gasteiger partial charge in [0.05, 0.1) is 13.2 Å². The molecule has 1 unspecified atom stereocenters. The zero-order chi connectivity index (χ0) is 11.8. The van der Waals surface area contributed by atoms with E-state index in [9.17, 15) is 9.59 Å². The van der Waals surface area contributed by atoms with Crippen molar-refractivity contribution in [3.63, 3.8) is 0 Å². The number of ether oxygens (including phenoxy) is 1. The number of nitrogens with zero attached hydrogens (tertiary/aromatic N) is 2. The summed E-state index contributed by atoms with van der Waals surface area (Å²) in [6.07, 6.45) is 0.451. The minimum absolute atomic E-state index is 0.0932. The fraction of sp³-hybridized carbons (Fsp3) is 0.700. The highest BCUT2D eigenvalue weighted by Crippen LogP contribution is 2.06. The third-order valence-electron chi connectivity index (χ3n) is 2.10. The molecule has 0 N–H and O–H groups in total. The lowest BCUT2D eigenvalue weighted by Crippen LogP contribution is -2.39. The van der Waals surface area contributed by atoms with Gasteiger partial charge in [-0.2, -0.15) is 5.26 Å². The van der Waals surface area contributed by atoms with E-state index in [0.717, 1.165) is 0 Å². The number of hydrogen-bond donors (Lipinski definition) is 0. The van der Waals surface area contributed by atoms with Crippen LogP contribution in [0.25, 0.3) is 0 Å². The zero-order valence-corrected chi connectivity index (χ0v) is 9.32. The highest BCUT2D eigenvalue weighted by atomic mass is 16.5. The lowest BCUT2D eigenvalue weighted by molar-refractivity contribution is -0.147. The lowest BCUT2D eigenvalue weighted by atomic mass is 10.1. The molecular weight excluding hydrogens is 196 g/mol. The molecule has 5 heteroatoms. The van der Waals surface area contributed by atoms with E-state index >= 15 is 0 Å². The van der Waals surface area contributed by atoms with E-state index in [1.807, 2.05) is 6.07 Å². The molecule has 84 valence electrons. The number of carbonyl (C=O) groups is 2. The normalized spacial score (nSPS) is 11.3. The van der Waals surface area contributed by atoms with Gasteiger partial charge in [-0.1, -0.05) is 6.92 Å². The fourth-order valence-corrected chi connectivity index (χ4v) is 1.11. The fourth-order valence-electron chi connectivity index (χ4n) is 1.11. The van der Waals surface area contributed by atoms with Gasteiger partial charge in [0, 0.05) is 6.54 Å². The van der Waals surface area contributed by atoms with Crippen molar-refractivity contribution in [3.8, 4) is 6.07 Å². The molecule has 5 nitrogen and oxygen atoms in total. The second kappa shape index (κ2) is 6.82. The molecule has 0 saturated heterocycles. The monoisotopic (exact) mass is 212 g/mol. The van der Waals surface area contributed by atoms with Crippen molar-refractivity contribution < 1.29 is 14.3 Å². The lowest BCUT2D eigenvalue weighted by Gasteiger charge is -2.21. The molecule has 0 aromatic heterocycles. The van der Waals surface area contributed by atoms with Crippen molar-refractivity contribution in [2.75, 3.05) is 20.2 Å². The Morgan fingerprint density at radius 2 is 2.07 bits per heavy atom. The Labute approximate surface area is 89.6 Å². The molecule has 0 aromatic carbocycles. The van der Waals surface area contributed by atoms with Gasteiger partial charge in [0.2, 0.25) is 5.91 Å². The van der Waals surface area contributed by atoms with Crippen molar-refractivity contribution in [3.05, 3.63) is 0 Å². The topological polar surface area (TPSA) is 70.4 Å². The number of nitriles is 1. The summed E-state index contributed by atoms with van der Waals surface area (Å²) in [7, 11) is 1.27. The molecule has 1 amide bonds. The molecule has 0 aliphatic carbocycles. The van der Waals surface area contributed by atoms with Crippen LogP contribution < -0.4 is 0 Å². The Hall–Kier alpha value is -1.57. The van der Waals surface area contributed by atoms with Crippen LogP contribution in [0.1, 0.15) is 20.3 Å². The second-order valence-corrected chi connectivity index (χ2v) is 3.02. The maximum Gasteiger partial charge on any atom is 0.325 e. The van der Waals surface area contributed by atoms with Crippen LogP contribution in [-0.4, -0.2) is 37.0 Å². The van der Waals surface area contributed by atoms with E-state index in [1.165, 1.54) is 12.0 Å². The second-order valence-electron chi connectivity index (χ2n) is 3.02. The van der Waals surface area contributed by atoms with E-state index in [-0.39, 0.29) is 12.5 Å². The number of amides is 1. The van der Waals surface area contributed by atoms with Gasteiger partial charge < -0.3 is 9.64 Å². The summed E-state index contributed by atoms with van der Waals surface area (Å²) in [6.45, 7) is 3.82. The van der Waals surface area contributed by atoms with Crippen LogP contribution >= 0.6 is 0 Å². The summed E-state index contributed by atoms with van der Waals surface area (Å²) in [5.41, 5.74) is 0. The molecule has 0 radical (unpaired) electrons. The van der Waals surface area contributed by atoms with Gasteiger partial charge in [-0.05, 0) is 13.3 Å². The highest BCUT2D eigenvalue weighted by molar-refractivity contribution is 5.85. The minimum Gasteiger partial charge on any atom is -0.468 e. The number of rotatable bonds is 5. The van der Waals surface area contributed by atoms with E-state index in [1.54, 1.807) is 13.8 Å². The van der Waals surface area contributed by atoms with E-state index < -0.39 is 11.9 Å². The zero-order valence-electron chi connectivity index (χ0n) is 9.32. The predicted molar refractivity (Wildman–Crippen MR) is 53.7 cm³/mol. The Balaban J connectivity index is 4.47. The summed E-state index contributed by atoms with van der Waals surface area (Å²) < 4.78 is 4.46. The molecule has 15 heavy (non-hydrogen) atoms. The number of esters is 1. The van der Waals surface area contributed by atoms with Gasteiger partial charge in [-0.15, -0.1) is 0 Å². The van der Waals surface area contributed by atoms with Crippen LogP contribution in [0.15, 0.2) is 0 Å². The first-order valence-electron chi connectivity index (χ1n) is 4.85. The summed E-state index contributed by atoms with van der Waals surface area (Å²) in [6, 6.07) is 1.91. The third kappa shape index (κ3) is 3.98. The summed E-state index contributed by atoms with van der Waals surface area (Å²) in [5.74, 6) is -1.46. The molecule has 0 aromatic rings. The average Bonchev–Trinajstić information content (AvgIpc) is 2.26. The van der Waals surface area contributed by atoms with E-state index in [2.05, 4.69) is 4.74 Å². The Morgan fingerprint density at radius 3 is 2.40 bits per heavy atom. The molecule has 0 bridgehead atoms. The van der Waals surface area contributed by atoms with Crippen LogP contribution in [0.5, 0.6) is 0 Å². The molecule has 0 fully saturated rings. The Morgan fingerprint density at radius 1 is 1.47 bits per heavy atom. The minimum atomic E-state index is -0.672. The Kier molecular flexibility index (Phi) is 6.11. The van der Waals surface area contributed by atoms with Gasteiger partial charge in [0.1, 0.15) is 12.5 Å². The maximum atomic E-state index is 11.7. The van der Waals surface area contributed by atoms with Gasteiger partial charge in [-0.3, -0.25) is 9.59 Å². The third-order valence-corrected chi connectivity index (χ3v) is 2.10. The largest absolute Gasteiger partial charge is 0.468 e. The van der Waals surface area contributed by atoms with E-state index in [0.29, 0.717) is 13.0 Å². The van der Waals surface area contributed by atoms with E-state index in [4.69, 9.17) is 5.26 Å². The van der Waals surface area contributed by atoms with Crippen LogP contribution in [0.4, 0.5) is 0 Å². The summed E-state index contributed by atoms with van der Waals surface area (Å²) >= 11 is 0. The Bertz CT molecular complexity index is 270. The molecule has 0 spiro atoms. The maximum absolute atomic E-state index is 11.7. The van der Waals surface area contributed by atoms with Crippen LogP contribution in [0.3, 0.4) is 0 Å². The van der Waals surface area contributed by atoms with Crippen molar-refractivity contribution in [2.45, 2.75) is 20.3 Å². The SMILES string of the molecule is CCC(C#N)C(=O)N(CC)CC(=O)OC. The molecule has 1 atom stereocenters. The van der Waals surface area contributed by atoms with Crippen LogP contribution in [-0.2, 0) is 14.3 Å². The molecule has 0 aliphatic heterocycles. The quantitative estimate of drug-likeness (QED) is 0.624. The molecular formula is C10H16N2O3.